The Balaban J connectivity index is 2.22. The molecule has 1 heterocycles. The first kappa shape index (κ1) is 11.8. The van der Waals surface area contributed by atoms with Crippen LogP contribution in [0.25, 0.3) is 15.3 Å². The molecule has 0 N–H and O–H groups in total. The molecule has 1 unspecified atom stereocenters. The summed E-state index contributed by atoms with van der Waals surface area (Å²) < 4.78 is -0.472. The maximum Gasteiger partial charge on any atom is 0.194 e. The fraction of sp³-hybridized carbons (Fsp3) is 0.200. The molecule has 0 radical (unpaired) electrons. The lowest BCUT2D eigenvalue weighted by molar-refractivity contribution is 1.20. The lowest BCUT2D eigenvalue weighted by Gasteiger charge is -2.18. The number of hydrogen-bond acceptors (Lipinski definition) is 4. The molecule has 0 saturated heterocycles. The van der Waals surface area contributed by atoms with E-state index in [1.165, 1.54) is 5.56 Å². The Hall–Kier alpha value is -0.680. The lowest BCUT2D eigenvalue weighted by atomic mass is 10.2. The molecule has 82 valence electrons. The van der Waals surface area contributed by atoms with E-state index in [0.717, 1.165) is 4.91 Å². The quantitative estimate of drug-likeness (QED) is 0.451. The van der Waals surface area contributed by atoms with E-state index >= 15 is 0 Å². The van der Waals surface area contributed by atoms with Crippen molar-refractivity contribution in [3.8, 4) is 0 Å². The van der Waals surface area contributed by atoms with Gasteiger partial charge in [-0.25, -0.2) is 0 Å². The molecule has 0 aliphatic carbocycles. The van der Waals surface area contributed by atoms with Crippen LogP contribution in [0.4, 0.5) is 0 Å². The van der Waals surface area contributed by atoms with Crippen molar-refractivity contribution >= 4 is 40.2 Å². The minimum absolute atomic E-state index is 0.472. The number of azide groups is 1. The Bertz CT molecular complexity index is 454. The number of thioether (sulfide) groups is 3. The summed E-state index contributed by atoms with van der Waals surface area (Å²) in [5.41, 5.74) is 9.75. The SMILES string of the molecule is CSC1(N=[N+]=[N-])SC=C(c2ccccc2)S1. The zero-order valence-corrected chi connectivity index (χ0v) is 11.0. The smallest absolute Gasteiger partial charge is 0.130 e. The molecule has 1 aromatic carbocycles. The van der Waals surface area contributed by atoms with E-state index in [0.29, 0.717) is 0 Å². The highest BCUT2D eigenvalue weighted by molar-refractivity contribution is 8.39. The molecular weight excluding hydrogens is 258 g/mol. The second-order valence-corrected chi connectivity index (χ2v) is 7.06. The van der Waals surface area contributed by atoms with Gasteiger partial charge in [-0.15, -0.1) is 11.8 Å². The standard InChI is InChI=1S/C10H9N3S3/c1-14-10(12-13-11)15-7-9(16-10)8-5-3-2-4-6-8/h2-7H,1H3. The molecule has 6 heteroatoms. The van der Waals surface area contributed by atoms with Crippen molar-refractivity contribution in [1.29, 1.82) is 0 Å². The van der Waals surface area contributed by atoms with Crippen molar-refractivity contribution in [2.45, 2.75) is 3.54 Å². The van der Waals surface area contributed by atoms with E-state index < -0.39 is 3.54 Å². The van der Waals surface area contributed by atoms with Gasteiger partial charge in [0.1, 0.15) is 0 Å². The fourth-order valence-corrected chi connectivity index (χ4v) is 4.55. The normalized spacial score (nSPS) is 23.7. The first-order chi connectivity index (χ1) is 7.79. The third-order valence-electron chi connectivity index (χ3n) is 2.04. The summed E-state index contributed by atoms with van der Waals surface area (Å²) in [4.78, 5) is 4.08. The van der Waals surface area contributed by atoms with E-state index in [-0.39, 0.29) is 0 Å². The molecule has 0 bridgehead atoms. The predicted octanol–water partition coefficient (Wildman–Crippen LogP) is 4.75. The van der Waals surface area contributed by atoms with Crippen molar-refractivity contribution in [1.82, 2.24) is 0 Å². The molecule has 1 aliphatic heterocycles. The lowest BCUT2D eigenvalue weighted by Crippen LogP contribution is -2.04. The highest BCUT2D eigenvalue weighted by Crippen LogP contribution is 2.59. The van der Waals surface area contributed by atoms with Crippen LogP contribution in [0.2, 0.25) is 0 Å². The van der Waals surface area contributed by atoms with E-state index in [9.17, 15) is 0 Å². The minimum atomic E-state index is -0.472. The summed E-state index contributed by atoms with van der Waals surface area (Å²) in [5, 5.41) is 5.93. The third-order valence-corrected chi connectivity index (χ3v) is 6.51. The number of benzene rings is 1. The Kier molecular flexibility index (Phi) is 3.76. The van der Waals surface area contributed by atoms with Gasteiger partial charge in [-0.3, -0.25) is 0 Å². The maximum atomic E-state index is 8.58. The van der Waals surface area contributed by atoms with Crippen molar-refractivity contribution in [3.05, 3.63) is 51.7 Å². The molecule has 2 rings (SSSR count). The monoisotopic (exact) mass is 267 g/mol. The van der Waals surface area contributed by atoms with Crippen molar-refractivity contribution in [2.24, 2.45) is 5.11 Å². The van der Waals surface area contributed by atoms with Gasteiger partial charge in [0.15, 0.2) is 3.54 Å². The molecule has 1 aromatic rings. The zero-order valence-electron chi connectivity index (χ0n) is 8.53. The third kappa shape index (κ3) is 2.35. The second kappa shape index (κ2) is 5.10. The van der Waals surface area contributed by atoms with Crippen LogP contribution in [0.1, 0.15) is 5.56 Å². The predicted molar refractivity (Wildman–Crippen MR) is 75.0 cm³/mol. The molecule has 3 nitrogen and oxygen atoms in total. The molecule has 0 amide bonds. The molecular formula is C10H9N3S3. The van der Waals surface area contributed by atoms with Gasteiger partial charge in [-0.2, -0.15) is 0 Å². The molecule has 0 spiro atoms. The van der Waals surface area contributed by atoms with E-state index in [4.69, 9.17) is 5.53 Å². The van der Waals surface area contributed by atoms with Crippen LogP contribution in [0.5, 0.6) is 0 Å². The van der Waals surface area contributed by atoms with Gasteiger partial charge in [-0.1, -0.05) is 59.0 Å². The zero-order chi connectivity index (χ0) is 11.4. The first-order valence-corrected chi connectivity index (χ1v) is 7.45. The van der Waals surface area contributed by atoms with Crippen molar-refractivity contribution in [2.75, 3.05) is 6.26 Å². The average molecular weight is 267 g/mol. The van der Waals surface area contributed by atoms with Crippen LogP contribution >= 0.6 is 35.3 Å². The Morgan fingerprint density at radius 3 is 2.75 bits per heavy atom. The van der Waals surface area contributed by atoms with E-state index in [2.05, 4.69) is 27.6 Å². The topological polar surface area (TPSA) is 48.8 Å². The maximum absolute atomic E-state index is 8.58. The Morgan fingerprint density at radius 2 is 2.12 bits per heavy atom. The highest BCUT2D eigenvalue weighted by atomic mass is 32.3. The molecule has 0 fully saturated rings. The van der Waals surface area contributed by atoms with E-state index in [1.807, 2.05) is 24.5 Å². The van der Waals surface area contributed by atoms with Gasteiger partial charge >= 0.3 is 0 Å². The van der Waals surface area contributed by atoms with E-state index in [1.54, 1.807) is 35.3 Å². The van der Waals surface area contributed by atoms with Crippen molar-refractivity contribution in [3.63, 3.8) is 0 Å². The van der Waals surface area contributed by atoms with Crippen LogP contribution in [0, 0.1) is 0 Å². The minimum Gasteiger partial charge on any atom is -0.130 e. The average Bonchev–Trinajstić information content (AvgIpc) is 2.76. The summed E-state index contributed by atoms with van der Waals surface area (Å²) in [6, 6.07) is 10.1. The van der Waals surface area contributed by atoms with Crippen LogP contribution in [-0.4, -0.2) is 9.79 Å². The molecule has 1 atom stereocenters. The van der Waals surface area contributed by atoms with Gasteiger partial charge < -0.3 is 0 Å². The van der Waals surface area contributed by atoms with Crippen LogP contribution in [-0.2, 0) is 0 Å². The Morgan fingerprint density at radius 1 is 1.38 bits per heavy atom. The van der Waals surface area contributed by atoms with Gasteiger partial charge in [0.05, 0.1) is 0 Å². The summed E-state index contributed by atoms with van der Waals surface area (Å²) in [6.45, 7) is 0. The summed E-state index contributed by atoms with van der Waals surface area (Å²) in [6.07, 6.45) is 1.95. The Labute approximate surface area is 107 Å². The number of nitrogens with zero attached hydrogens (tertiary/aromatic N) is 3. The number of rotatable bonds is 3. The second-order valence-electron chi connectivity index (χ2n) is 2.99. The van der Waals surface area contributed by atoms with Crippen molar-refractivity contribution < 1.29 is 0 Å². The van der Waals surface area contributed by atoms with Gasteiger partial charge in [0.2, 0.25) is 0 Å². The summed E-state index contributed by atoms with van der Waals surface area (Å²) in [7, 11) is 0. The highest BCUT2D eigenvalue weighted by Gasteiger charge is 2.35. The largest absolute Gasteiger partial charge is 0.194 e. The summed E-state index contributed by atoms with van der Waals surface area (Å²) >= 11 is 4.72. The molecule has 16 heavy (non-hydrogen) atoms. The van der Waals surface area contributed by atoms with Crippen LogP contribution in [0.3, 0.4) is 0 Å². The van der Waals surface area contributed by atoms with Gasteiger partial charge in [-0.05, 0) is 22.8 Å². The first-order valence-electron chi connectivity index (χ1n) is 4.53. The fourth-order valence-electron chi connectivity index (χ4n) is 1.27. The van der Waals surface area contributed by atoms with Crippen LogP contribution < -0.4 is 0 Å². The van der Waals surface area contributed by atoms with Crippen LogP contribution in [0.15, 0.2) is 40.9 Å². The molecule has 0 aromatic heterocycles. The van der Waals surface area contributed by atoms with Gasteiger partial charge in [0, 0.05) is 9.82 Å². The summed E-state index contributed by atoms with van der Waals surface area (Å²) in [5.74, 6) is 0. The van der Waals surface area contributed by atoms with Gasteiger partial charge in [0.25, 0.3) is 0 Å². The molecule has 0 saturated carbocycles. The number of hydrogen-bond donors (Lipinski definition) is 0. The molecule has 1 aliphatic rings.